The molecule has 128 valence electrons. The van der Waals surface area contributed by atoms with Crippen LogP contribution in [0.25, 0.3) is 22.1 Å². The molecule has 0 spiro atoms. The third-order valence-electron chi connectivity index (χ3n) is 3.82. The molecule has 0 atom stereocenters. The first-order chi connectivity index (χ1) is 11.7. The van der Waals surface area contributed by atoms with Crippen LogP contribution in [0.5, 0.6) is 0 Å². The number of alkyl halides is 3. The maximum Gasteiger partial charge on any atom is 0.416 e. The summed E-state index contributed by atoms with van der Waals surface area (Å²) in [6, 6.07) is 8.98. The first kappa shape index (κ1) is 16.8. The third kappa shape index (κ3) is 3.13. The molecular formula is C18H11F3O4. The average Bonchev–Trinajstić information content (AvgIpc) is 2.53. The number of rotatable bonds is 2. The fourth-order valence-corrected chi connectivity index (χ4v) is 2.55. The van der Waals surface area contributed by atoms with E-state index < -0.39 is 28.9 Å². The van der Waals surface area contributed by atoms with Crippen LogP contribution in [0.4, 0.5) is 13.2 Å². The van der Waals surface area contributed by atoms with Gasteiger partial charge in [-0.1, -0.05) is 18.2 Å². The first-order valence-corrected chi connectivity index (χ1v) is 7.16. The summed E-state index contributed by atoms with van der Waals surface area (Å²) < 4.78 is 44.4. The largest absolute Gasteiger partial charge is 0.475 e. The van der Waals surface area contributed by atoms with Crippen molar-refractivity contribution in [3.05, 3.63) is 69.6 Å². The van der Waals surface area contributed by atoms with Crippen LogP contribution in [0.15, 0.2) is 51.7 Å². The van der Waals surface area contributed by atoms with Gasteiger partial charge in [0, 0.05) is 6.07 Å². The molecule has 3 rings (SSSR count). The highest BCUT2D eigenvalue weighted by atomic mass is 19.4. The molecule has 0 aliphatic heterocycles. The van der Waals surface area contributed by atoms with Gasteiger partial charge in [0.1, 0.15) is 5.58 Å². The van der Waals surface area contributed by atoms with E-state index in [4.69, 9.17) is 9.52 Å². The molecule has 0 saturated heterocycles. The second-order valence-corrected chi connectivity index (χ2v) is 5.52. The Balaban J connectivity index is 2.20. The van der Waals surface area contributed by atoms with E-state index in [1.807, 2.05) is 0 Å². The molecule has 3 aromatic rings. The lowest BCUT2D eigenvalue weighted by molar-refractivity contribution is -0.138. The summed E-state index contributed by atoms with van der Waals surface area (Å²) in [6.45, 7) is 1.37. The summed E-state index contributed by atoms with van der Waals surface area (Å²) in [4.78, 5) is 22.9. The van der Waals surface area contributed by atoms with Gasteiger partial charge in [-0.05, 0) is 41.8 Å². The molecule has 0 amide bonds. The highest BCUT2D eigenvalue weighted by Crippen LogP contribution is 2.35. The van der Waals surface area contributed by atoms with Gasteiger partial charge in [0.2, 0.25) is 5.76 Å². The molecule has 7 heteroatoms. The fraction of sp³-hybridized carbons (Fsp3) is 0.111. The lowest BCUT2D eigenvalue weighted by Crippen LogP contribution is -2.07. The van der Waals surface area contributed by atoms with Crippen molar-refractivity contribution in [3.8, 4) is 11.1 Å². The van der Waals surface area contributed by atoms with Gasteiger partial charge in [0.25, 0.3) is 0 Å². The summed E-state index contributed by atoms with van der Waals surface area (Å²) in [7, 11) is 0. The van der Waals surface area contributed by atoms with Crippen LogP contribution in [0.2, 0.25) is 0 Å². The van der Waals surface area contributed by atoms with Crippen LogP contribution < -0.4 is 5.43 Å². The van der Waals surface area contributed by atoms with Gasteiger partial charge in [-0.2, -0.15) is 13.2 Å². The van der Waals surface area contributed by atoms with Crippen molar-refractivity contribution in [1.29, 1.82) is 0 Å². The van der Waals surface area contributed by atoms with Gasteiger partial charge < -0.3 is 9.52 Å². The maximum absolute atomic E-state index is 13.1. The maximum atomic E-state index is 13.1. The van der Waals surface area contributed by atoms with E-state index in [0.717, 1.165) is 12.1 Å². The van der Waals surface area contributed by atoms with Crippen molar-refractivity contribution in [2.75, 3.05) is 0 Å². The number of carboxylic acid groups (broad SMARTS) is 1. The summed E-state index contributed by atoms with van der Waals surface area (Å²) in [5, 5.41) is 9.10. The molecule has 0 saturated carbocycles. The van der Waals surface area contributed by atoms with Crippen molar-refractivity contribution in [1.82, 2.24) is 0 Å². The quantitative estimate of drug-likeness (QED) is 0.741. The van der Waals surface area contributed by atoms with Crippen molar-refractivity contribution in [2.45, 2.75) is 13.1 Å². The molecule has 0 fully saturated rings. The Labute approximate surface area is 139 Å². The molecule has 1 N–H and O–H groups in total. The van der Waals surface area contributed by atoms with Crippen molar-refractivity contribution < 1.29 is 27.5 Å². The average molecular weight is 348 g/mol. The van der Waals surface area contributed by atoms with E-state index in [9.17, 15) is 22.8 Å². The van der Waals surface area contributed by atoms with Crippen LogP contribution in [0, 0.1) is 6.92 Å². The molecule has 1 heterocycles. The zero-order valence-electron chi connectivity index (χ0n) is 12.8. The van der Waals surface area contributed by atoms with E-state index >= 15 is 0 Å². The van der Waals surface area contributed by atoms with Gasteiger partial charge in [0.15, 0.2) is 5.43 Å². The van der Waals surface area contributed by atoms with E-state index in [1.165, 1.54) is 37.3 Å². The van der Waals surface area contributed by atoms with E-state index in [1.54, 1.807) is 0 Å². The van der Waals surface area contributed by atoms with Crippen LogP contribution in [-0.2, 0) is 6.18 Å². The normalized spacial score (nSPS) is 11.7. The monoisotopic (exact) mass is 348 g/mol. The minimum Gasteiger partial charge on any atom is -0.475 e. The number of aromatic carboxylic acids is 1. The van der Waals surface area contributed by atoms with Gasteiger partial charge in [0.05, 0.1) is 10.9 Å². The zero-order chi connectivity index (χ0) is 18.4. The lowest BCUT2D eigenvalue weighted by Gasteiger charge is -2.12. The number of benzene rings is 2. The van der Waals surface area contributed by atoms with Gasteiger partial charge >= 0.3 is 12.1 Å². The van der Waals surface area contributed by atoms with Gasteiger partial charge in [-0.15, -0.1) is 0 Å². The lowest BCUT2D eigenvalue weighted by atomic mass is 9.98. The van der Waals surface area contributed by atoms with Crippen molar-refractivity contribution in [2.24, 2.45) is 0 Å². The minimum absolute atomic E-state index is 0.00321. The summed E-state index contributed by atoms with van der Waals surface area (Å²) in [6.07, 6.45) is -4.49. The molecule has 0 aliphatic rings. The van der Waals surface area contributed by atoms with Crippen molar-refractivity contribution in [3.63, 3.8) is 0 Å². The predicted octanol–water partition coefficient (Wildman–Crippen LogP) is 4.49. The number of halogens is 3. The molecule has 1 aromatic heterocycles. The topological polar surface area (TPSA) is 67.5 Å². The van der Waals surface area contributed by atoms with Crippen LogP contribution in [-0.4, -0.2) is 11.1 Å². The predicted molar refractivity (Wildman–Crippen MR) is 84.6 cm³/mol. The molecule has 0 radical (unpaired) electrons. The summed E-state index contributed by atoms with van der Waals surface area (Å²) in [5.41, 5.74) is -0.545. The number of fused-ring (bicyclic) bond motifs is 1. The molecule has 4 nitrogen and oxygen atoms in total. The van der Waals surface area contributed by atoms with E-state index in [2.05, 4.69) is 0 Å². The molecule has 0 aliphatic carbocycles. The first-order valence-electron chi connectivity index (χ1n) is 7.16. The Bertz CT molecular complexity index is 1050. The summed E-state index contributed by atoms with van der Waals surface area (Å²) >= 11 is 0. The molecule has 0 bridgehead atoms. The standard InChI is InChI=1S/C18H11F3O4/c1-9-2-3-10(6-13(9)18(19,20)21)11-4-5-12-14(22)8-16(17(23)24)25-15(12)7-11/h2-8H,1H3,(H,23,24). The van der Waals surface area contributed by atoms with Crippen molar-refractivity contribution >= 4 is 16.9 Å². The molecule has 0 unspecified atom stereocenters. The van der Waals surface area contributed by atoms with Crippen LogP contribution in [0.1, 0.15) is 21.7 Å². The second-order valence-electron chi connectivity index (χ2n) is 5.52. The van der Waals surface area contributed by atoms with E-state index in [0.29, 0.717) is 5.56 Å². The van der Waals surface area contributed by atoms with Crippen LogP contribution in [0.3, 0.4) is 0 Å². The Kier molecular flexibility index (Phi) is 3.87. The molecule has 2 aromatic carbocycles. The number of aryl methyl sites for hydroxylation is 1. The number of carboxylic acids is 1. The number of hydrogen-bond donors (Lipinski definition) is 1. The van der Waals surface area contributed by atoms with Crippen LogP contribution >= 0.6 is 0 Å². The number of hydrogen-bond acceptors (Lipinski definition) is 3. The summed E-state index contributed by atoms with van der Waals surface area (Å²) in [5.74, 6) is -1.94. The third-order valence-corrected chi connectivity index (χ3v) is 3.82. The minimum atomic E-state index is -4.49. The highest BCUT2D eigenvalue weighted by Gasteiger charge is 2.32. The molecule has 25 heavy (non-hydrogen) atoms. The highest BCUT2D eigenvalue weighted by molar-refractivity contribution is 5.89. The Morgan fingerprint density at radius 1 is 1.04 bits per heavy atom. The second kappa shape index (κ2) is 5.77. The zero-order valence-corrected chi connectivity index (χ0v) is 12.8. The smallest absolute Gasteiger partial charge is 0.416 e. The number of carbonyl (C=O) groups is 1. The SMILES string of the molecule is Cc1ccc(-c2ccc3c(=O)cc(C(=O)O)oc3c2)cc1C(F)(F)F. The fourth-order valence-electron chi connectivity index (χ4n) is 2.55. The van der Waals surface area contributed by atoms with Gasteiger partial charge in [-0.25, -0.2) is 4.79 Å². The van der Waals surface area contributed by atoms with E-state index in [-0.39, 0.29) is 22.1 Å². The Morgan fingerprint density at radius 2 is 1.68 bits per heavy atom. The Hall–Kier alpha value is -3.09. The van der Waals surface area contributed by atoms with Gasteiger partial charge in [-0.3, -0.25) is 4.79 Å². The molecular weight excluding hydrogens is 337 g/mol. The Morgan fingerprint density at radius 3 is 2.32 bits per heavy atom.